The smallest absolute Gasteiger partial charge is 0.247 e. The molecule has 0 spiro atoms. The van der Waals surface area contributed by atoms with Crippen molar-refractivity contribution in [1.29, 1.82) is 0 Å². The van der Waals surface area contributed by atoms with E-state index in [4.69, 9.17) is 9.15 Å². The highest BCUT2D eigenvalue weighted by Gasteiger charge is 2.30. The SMILES string of the molecule is Cc1nnc(-c2ccc3c4cccc5c4c([n+](C)c3c2)-c2cc(F)ccc2O5)o1. The Morgan fingerprint density at radius 2 is 1.83 bits per heavy atom. The third-order valence-corrected chi connectivity index (χ3v) is 5.44. The van der Waals surface area contributed by atoms with Crippen LogP contribution >= 0.6 is 0 Å². The van der Waals surface area contributed by atoms with E-state index >= 15 is 0 Å². The summed E-state index contributed by atoms with van der Waals surface area (Å²) in [5.74, 6) is 2.11. The monoisotopic (exact) mass is 384 g/mol. The van der Waals surface area contributed by atoms with Crippen LogP contribution in [-0.2, 0) is 7.05 Å². The molecule has 6 heteroatoms. The minimum Gasteiger partial charge on any atom is -0.456 e. The second-order valence-corrected chi connectivity index (χ2v) is 7.19. The van der Waals surface area contributed by atoms with Gasteiger partial charge in [0.2, 0.25) is 23.0 Å². The van der Waals surface area contributed by atoms with E-state index in [1.165, 1.54) is 12.1 Å². The Hall–Kier alpha value is -3.80. The molecule has 0 N–H and O–H groups in total. The molecule has 0 unspecified atom stereocenters. The summed E-state index contributed by atoms with van der Waals surface area (Å²) in [7, 11) is 1.98. The van der Waals surface area contributed by atoms with Gasteiger partial charge >= 0.3 is 0 Å². The number of hydrogen-bond acceptors (Lipinski definition) is 4. The number of aromatic nitrogens is 3. The van der Waals surface area contributed by atoms with Gasteiger partial charge in [0.15, 0.2) is 0 Å². The van der Waals surface area contributed by atoms with Gasteiger partial charge in [0, 0.05) is 23.9 Å². The maximum Gasteiger partial charge on any atom is 0.247 e. The Labute approximate surface area is 165 Å². The summed E-state index contributed by atoms with van der Waals surface area (Å²) in [6.07, 6.45) is 0. The van der Waals surface area contributed by atoms with Crippen LogP contribution in [0.4, 0.5) is 4.39 Å². The lowest BCUT2D eigenvalue weighted by Crippen LogP contribution is -2.33. The molecule has 0 bridgehead atoms. The van der Waals surface area contributed by atoms with E-state index in [-0.39, 0.29) is 5.82 Å². The summed E-state index contributed by atoms with van der Waals surface area (Å²) in [6, 6.07) is 16.7. The van der Waals surface area contributed by atoms with E-state index < -0.39 is 0 Å². The maximum absolute atomic E-state index is 14.1. The molecule has 0 fully saturated rings. The van der Waals surface area contributed by atoms with Gasteiger partial charge in [-0.15, -0.1) is 10.2 Å². The average molecular weight is 384 g/mol. The van der Waals surface area contributed by atoms with E-state index in [1.807, 2.05) is 37.4 Å². The highest BCUT2D eigenvalue weighted by atomic mass is 19.1. The molecule has 5 aromatic rings. The number of halogens is 1. The van der Waals surface area contributed by atoms with Gasteiger partial charge in [-0.1, -0.05) is 12.1 Å². The normalized spacial score (nSPS) is 12.2. The fourth-order valence-electron chi connectivity index (χ4n) is 4.17. The summed E-state index contributed by atoms with van der Waals surface area (Å²) in [4.78, 5) is 0. The summed E-state index contributed by atoms with van der Waals surface area (Å²) in [5, 5.41) is 11.2. The van der Waals surface area contributed by atoms with Gasteiger partial charge in [-0.25, -0.2) is 4.39 Å². The van der Waals surface area contributed by atoms with E-state index in [9.17, 15) is 4.39 Å². The quantitative estimate of drug-likeness (QED) is 0.293. The van der Waals surface area contributed by atoms with Crippen LogP contribution in [0, 0.1) is 12.7 Å². The zero-order valence-electron chi connectivity index (χ0n) is 15.7. The van der Waals surface area contributed by atoms with E-state index in [1.54, 1.807) is 13.0 Å². The van der Waals surface area contributed by atoms with E-state index in [2.05, 4.69) is 20.8 Å². The molecule has 0 saturated carbocycles. The van der Waals surface area contributed by atoms with Crippen LogP contribution in [0.3, 0.4) is 0 Å². The number of ether oxygens (including phenoxy) is 1. The van der Waals surface area contributed by atoms with Crippen LogP contribution < -0.4 is 9.30 Å². The molecule has 29 heavy (non-hydrogen) atoms. The first-order valence-electron chi connectivity index (χ1n) is 9.27. The van der Waals surface area contributed by atoms with Crippen LogP contribution in [0.2, 0.25) is 0 Å². The molecule has 0 radical (unpaired) electrons. The molecule has 0 atom stereocenters. The Balaban J connectivity index is 1.76. The van der Waals surface area contributed by atoms with E-state index in [0.717, 1.165) is 44.2 Å². The fraction of sp³-hybridized carbons (Fsp3) is 0.0870. The molecule has 0 amide bonds. The molecule has 1 aliphatic heterocycles. The van der Waals surface area contributed by atoms with Crippen molar-refractivity contribution in [3.8, 4) is 34.2 Å². The van der Waals surface area contributed by atoms with Crippen molar-refractivity contribution in [3.05, 3.63) is 66.3 Å². The van der Waals surface area contributed by atoms with Gasteiger partial charge in [-0.05, 0) is 36.4 Å². The number of benzene rings is 3. The molecule has 3 aromatic carbocycles. The number of aryl methyl sites for hydroxylation is 2. The van der Waals surface area contributed by atoms with Gasteiger partial charge in [-0.2, -0.15) is 4.57 Å². The molecule has 3 heterocycles. The molecular formula is C23H15FN3O2+. The summed E-state index contributed by atoms with van der Waals surface area (Å²) in [5.41, 5.74) is 3.47. The van der Waals surface area contributed by atoms with Crippen LogP contribution in [0.5, 0.6) is 11.5 Å². The lowest BCUT2D eigenvalue weighted by atomic mass is 9.95. The molecule has 5 nitrogen and oxygen atoms in total. The van der Waals surface area contributed by atoms with Crippen LogP contribution in [0.25, 0.3) is 44.4 Å². The largest absolute Gasteiger partial charge is 0.456 e. The number of rotatable bonds is 1. The first-order chi connectivity index (χ1) is 14.1. The highest BCUT2D eigenvalue weighted by Crippen LogP contribution is 2.46. The third kappa shape index (κ3) is 2.23. The second kappa shape index (κ2) is 5.61. The number of hydrogen-bond donors (Lipinski definition) is 0. The first-order valence-corrected chi connectivity index (χ1v) is 9.27. The molecule has 2 aromatic heterocycles. The Bertz CT molecular complexity index is 1470. The fourth-order valence-corrected chi connectivity index (χ4v) is 4.17. The van der Waals surface area contributed by atoms with Crippen LogP contribution in [-0.4, -0.2) is 10.2 Å². The van der Waals surface area contributed by atoms with E-state index in [0.29, 0.717) is 17.5 Å². The number of pyridine rings is 1. The summed E-state index contributed by atoms with van der Waals surface area (Å²) < 4.78 is 27.9. The van der Waals surface area contributed by atoms with Crippen molar-refractivity contribution in [3.63, 3.8) is 0 Å². The van der Waals surface area contributed by atoms with Gasteiger partial charge in [0.05, 0.1) is 16.3 Å². The van der Waals surface area contributed by atoms with Crippen LogP contribution in [0.15, 0.2) is 59.0 Å². The Morgan fingerprint density at radius 3 is 2.66 bits per heavy atom. The molecular weight excluding hydrogens is 369 g/mol. The van der Waals surface area contributed by atoms with Crippen molar-refractivity contribution in [1.82, 2.24) is 10.2 Å². The summed E-state index contributed by atoms with van der Waals surface area (Å²) >= 11 is 0. The molecule has 1 aliphatic rings. The average Bonchev–Trinajstić information content (AvgIpc) is 3.17. The van der Waals surface area contributed by atoms with Crippen molar-refractivity contribution in [2.45, 2.75) is 6.92 Å². The minimum absolute atomic E-state index is 0.296. The predicted octanol–water partition coefficient (Wildman–Crippen LogP) is 5.09. The number of nitrogens with zero attached hydrogens (tertiary/aromatic N) is 3. The zero-order valence-corrected chi connectivity index (χ0v) is 15.7. The Kier molecular flexibility index (Phi) is 3.13. The summed E-state index contributed by atoms with van der Waals surface area (Å²) in [6.45, 7) is 1.77. The molecule has 0 saturated heterocycles. The molecule has 140 valence electrons. The molecule has 6 rings (SSSR count). The van der Waals surface area contributed by atoms with Gasteiger partial charge in [-0.3, -0.25) is 0 Å². The zero-order chi connectivity index (χ0) is 19.7. The highest BCUT2D eigenvalue weighted by molar-refractivity contribution is 6.13. The minimum atomic E-state index is -0.296. The third-order valence-electron chi connectivity index (χ3n) is 5.44. The Morgan fingerprint density at radius 1 is 0.931 bits per heavy atom. The van der Waals surface area contributed by atoms with Crippen molar-refractivity contribution < 1.29 is 18.1 Å². The second-order valence-electron chi connectivity index (χ2n) is 7.19. The first kappa shape index (κ1) is 16.2. The van der Waals surface area contributed by atoms with Crippen molar-refractivity contribution >= 4 is 21.7 Å². The van der Waals surface area contributed by atoms with Gasteiger partial charge in [0.25, 0.3) is 0 Å². The predicted molar refractivity (Wildman–Crippen MR) is 106 cm³/mol. The molecule has 0 aliphatic carbocycles. The van der Waals surface area contributed by atoms with Gasteiger partial charge < -0.3 is 9.15 Å². The van der Waals surface area contributed by atoms with Crippen molar-refractivity contribution in [2.24, 2.45) is 7.05 Å². The number of fused-ring (bicyclic) bond motifs is 4. The van der Waals surface area contributed by atoms with Crippen LogP contribution in [0.1, 0.15) is 5.89 Å². The topological polar surface area (TPSA) is 52.0 Å². The lowest BCUT2D eigenvalue weighted by molar-refractivity contribution is -0.632. The van der Waals surface area contributed by atoms with Crippen molar-refractivity contribution in [2.75, 3.05) is 0 Å². The van der Waals surface area contributed by atoms with Gasteiger partial charge in [0.1, 0.15) is 24.4 Å². The lowest BCUT2D eigenvalue weighted by Gasteiger charge is -2.20. The standard InChI is InChI=1S/C23H15FN3O2/c1-12-25-26-23(28-12)13-6-8-15-16-4-3-5-20-21(16)22(27(2)18(15)10-13)17-11-14(24)7-9-19(17)29-20/h3-11H,1-2H3/q+1. The maximum atomic E-state index is 14.1.